The number of carboxylic acids is 2. The van der Waals surface area contributed by atoms with Crippen LogP contribution in [0.1, 0.15) is 11.1 Å². The highest BCUT2D eigenvalue weighted by Gasteiger charge is 2.16. The maximum Gasteiger partial charge on any atom is 0.328 e. The summed E-state index contributed by atoms with van der Waals surface area (Å²) in [6, 6.07) is 5.52. The molecule has 8 nitrogen and oxygen atoms in total. The molecule has 0 saturated heterocycles. The second-order valence-corrected chi connectivity index (χ2v) is 5.57. The fourth-order valence-corrected chi connectivity index (χ4v) is 2.56. The molecule has 2 aromatic rings. The van der Waals surface area contributed by atoms with Gasteiger partial charge in [0.05, 0.1) is 14.2 Å². The molecule has 8 heteroatoms. The van der Waals surface area contributed by atoms with E-state index in [0.717, 1.165) is 12.2 Å². The van der Waals surface area contributed by atoms with Crippen LogP contribution in [0.2, 0.25) is 0 Å². The zero-order valence-electron chi connectivity index (χ0n) is 15.0. The third-order valence-corrected chi connectivity index (χ3v) is 3.80. The second-order valence-electron chi connectivity index (χ2n) is 5.57. The number of hydrogen-bond donors (Lipinski definition) is 4. The van der Waals surface area contributed by atoms with Crippen molar-refractivity contribution in [1.82, 2.24) is 0 Å². The minimum Gasteiger partial charge on any atom is -0.504 e. The largest absolute Gasteiger partial charge is 0.504 e. The van der Waals surface area contributed by atoms with Crippen molar-refractivity contribution in [2.75, 3.05) is 14.2 Å². The van der Waals surface area contributed by atoms with Crippen molar-refractivity contribution in [1.29, 1.82) is 0 Å². The third-order valence-electron chi connectivity index (χ3n) is 3.80. The van der Waals surface area contributed by atoms with Crippen molar-refractivity contribution >= 4 is 24.1 Å². The summed E-state index contributed by atoms with van der Waals surface area (Å²) in [4.78, 5) is 21.8. The lowest BCUT2D eigenvalue weighted by atomic mass is 9.93. The molecule has 0 aliphatic carbocycles. The number of rotatable bonds is 7. The van der Waals surface area contributed by atoms with Gasteiger partial charge in [-0.15, -0.1) is 0 Å². The highest BCUT2D eigenvalue weighted by molar-refractivity contribution is 5.92. The van der Waals surface area contributed by atoms with Crippen molar-refractivity contribution in [2.24, 2.45) is 0 Å². The van der Waals surface area contributed by atoms with E-state index >= 15 is 0 Å². The summed E-state index contributed by atoms with van der Waals surface area (Å²) in [5.41, 5.74) is 1.43. The number of ether oxygens (including phenoxy) is 2. The van der Waals surface area contributed by atoms with E-state index in [1.165, 1.54) is 50.6 Å². The molecule has 2 rings (SSSR count). The number of phenolic OH excluding ortho intramolecular Hbond substituents is 2. The van der Waals surface area contributed by atoms with Gasteiger partial charge in [-0.05, 0) is 58.7 Å². The molecule has 4 N–H and O–H groups in total. The number of aliphatic carboxylic acids is 2. The Morgan fingerprint density at radius 2 is 1.11 bits per heavy atom. The molecule has 0 spiro atoms. The lowest BCUT2D eigenvalue weighted by Crippen LogP contribution is -1.94. The highest BCUT2D eigenvalue weighted by atomic mass is 16.5. The number of carboxylic acid groups (broad SMARTS) is 2. The summed E-state index contributed by atoms with van der Waals surface area (Å²) in [5.74, 6) is -2.55. The summed E-state index contributed by atoms with van der Waals surface area (Å²) in [6.45, 7) is 0. The molecule has 0 bridgehead atoms. The smallest absolute Gasteiger partial charge is 0.328 e. The monoisotopic (exact) mass is 386 g/mol. The summed E-state index contributed by atoms with van der Waals surface area (Å²) in [7, 11) is 2.69. The molecule has 0 amide bonds. The van der Waals surface area contributed by atoms with Gasteiger partial charge >= 0.3 is 11.9 Å². The molecule has 0 aliphatic heterocycles. The summed E-state index contributed by atoms with van der Waals surface area (Å²) in [5, 5.41) is 38.2. The minimum atomic E-state index is -1.18. The van der Waals surface area contributed by atoms with Crippen LogP contribution in [-0.2, 0) is 9.59 Å². The van der Waals surface area contributed by atoms with E-state index in [4.69, 9.17) is 19.7 Å². The van der Waals surface area contributed by atoms with Gasteiger partial charge in [0.2, 0.25) is 0 Å². The normalized spacial score (nSPS) is 11.1. The number of methoxy groups -OCH3 is 2. The van der Waals surface area contributed by atoms with E-state index in [-0.39, 0.29) is 23.0 Å². The van der Waals surface area contributed by atoms with Crippen LogP contribution in [0, 0.1) is 0 Å². The molecule has 28 heavy (non-hydrogen) atoms. The van der Waals surface area contributed by atoms with Crippen molar-refractivity contribution in [3.8, 4) is 34.1 Å². The fraction of sp³-hybridized carbons (Fsp3) is 0.100. The Hall–Kier alpha value is -3.94. The topological polar surface area (TPSA) is 134 Å². The zero-order chi connectivity index (χ0) is 20.8. The average Bonchev–Trinajstić information content (AvgIpc) is 2.65. The summed E-state index contributed by atoms with van der Waals surface area (Å²) < 4.78 is 10.1. The van der Waals surface area contributed by atoms with Crippen LogP contribution in [0.4, 0.5) is 0 Å². The van der Waals surface area contributed by atoms with Crippen LogP contribution in [0.5, 0.6) is 23.0 Å². The predicted molar refractivity (Wildman–Crippen MR) is 102 cm³/mol. The van der Waals surface area contributed by atoms with E-state index in [0.29, 0.717) is 22.3 Å². The molecular formula is C20H18O8. The first kappa shape index (κ1) is 20.4. The van der Waals surface area contributed by atoms with E-state index in [1.807, 2.05) is 0 Å². The van der Waals surface area contributed by atoms with E-state index in [2.05, 4.69) is 0 Å². The molecule has 146 valence electrons. The van der Waals surface area contributed by atoms with Crippen LogP contribution in [-0.4, -0.2) is 46.6 Å². The number of aromatic hydroxyl groups is 2. The van der Waals surface area contributed by atoms with Crippen LogP contribution < -0.4 is 9.47 Å². The maximum absolute atomic E-state index is 10.9. The predicted octanol–water partition coefficient (Wildman–Crippen LogP) is 2.98. The van der Waals surface area contributed by atoms with Gasteiger partial charge in [0.25, 0.3) is 0 Å². The van der Waals surface area contributed by atoms with Gasteiger partial charge in [0.15, 0.2) is 23.0 Å². The Morgan fingerprint density at radius 3 is 1.39 bits per heavy atom. The van der Waals surface area contributed by atoms with Crippen LogP contribution in [0.3, 0.4) is 0 Å². The molecule has 0 heterocycles. The van der Waals surface area contributed by atoms with Gasteiger partial charge in [-0.25, -0.2) is 9.59 Å². The number of carbonyl (C=O) groups is 2. The molecular weight excluding hydrogens is 368 g/mol. The SMILES string of the molecule is COc1cc(/C=C/C(=O)O)c(-c2cc(O)c(OC)cc2/C=C/C(=O)O)cc1O. The van der Waals surface area contributed by atoms with Crippen LogP contribution in [0.15, 0.2) is 36.4 Å². The molecule has 2 aromatic carbocycles. The lowest BCUT2D eigenvalue weighted by Gasteiger charge is -2.15. The molecule has 0 radical (unpaired) electrons. The third kappa shape index (κ3) is 4.61. The lowest BCUT2D eigenvalue weighted by molar-refractivity contribution is -0.132. The molecule has 0 fully saturated rings. The summed E-state index contributed by atoms with van der Waals surface area (Å²) >= 11 is 0. The number of hydrogen-bond acceptors (Lipinski definition) is 6. The van der Waals surface area contributed by atoms with Gasteiger partial charge in [-0.1, -0.05) is 0 Å². The van der Waals surface area contributed by atoms with E-state index in [9.17, 15) is 19.8 Å². The van der Waals surface area contributed by atoms with Crippen LogP contribution >= 0.6 is 0 Å². The number of phenols is 2. The Kier molecular flexibility index (Phi) is 6.28. The quantitative estimate of drug-likeness (QED) is 0.534. The van der Waals surface area contributed by atoms with Gasteiger partial charge in [0.1, 0.15) is 0 Å². The Morgan fingerprint density at radius 1 is 0.750 bits per heavy atom. The first-order chi connectivity index (χ1) is 13.3. The molecule has 0 aliphatic rings. The van der Waals surface area contributed by atoms with Gasteiger partial charge in [0, 0.05) is 12.2 Å². The fourth-order valence-electron chi connectivity index (χ4n) is 2.56. The Balaban J connectivity index is 2.81. The van der Waals surface area contributed by atoms with Crippen molar-refractivity contribution in [3.05, 3.63) is 47.5 Å². The first-order valence-electron chi connectivity index (χ1n) is 7.91. The highest BCUT2D eigenvalue weighted by Crippen LogP contribution is 2.41. The first-order valence-corrected chi connectivity index (χ1v) is 7.91. The minimum absolute atomic E-state index is 0.120. The molecule has 0 atom stereocenters. The van der Waals surface area contributed by atoms with Crippen LogP contribution in [0.25, 0.3) is 23.3 Å². The Labute approximate surface area is 160 Å². The van der Waals surface area contributed by atoms with E-state index in [1.54, 1.807) is 0 Å². The van der Waals surface area contributed by atoms with E-state index < -0.39 is 11.9 Å². The molecule has 0 aromatic heterocycles. The molecule has 0 unspecified atom stereocenters. The van der Waals surface area contributed by atoms with Crippen molar-refractivity contribution in [3.63, 3.8) is 0 Å². The van der Waals surface area contributed by atoms with Gasteiger partial charge in [-0.3, -0.25) is 0 Å². The van der Waals surface area contributed by atoms with Crippen molar-refractivity contribution < 1.29 is 39.5 Å². The second kappa shape index (κ2) is 8.63. The number of benzene rings is 2. The summed E-state index contributed by atoms with van der Waals surface area (Å²) in [6.07, 6.45) is 4.41. The van der Waals surface area contributed by atoms with Gasteiger partial charge in [-0.2, -0.15) is 0 Å². The zero-order valence-corrected chi connectivity index (χ0v) is 15.0. The van der Waals surface area contributed by atoms with Gasteiger partial charge < -0.3 is 29.9 Å². The average molecular weight is 386 g/mol. The maximum atomic E-state index is 10.9. The van der Waals surface area contributed by atoms with Crippen molar-refractivity contribution in [2.45, 2.75) is 0 Å². The standard InChI is InChI=1S/C20H18O8/c1-27-17-7-11(3-5-19(23)24)13(9-15(17)21)14-10-16(22)18(28-2)8-12(14)4-6-20(25)26/h3-10,21-22H,1-2H3,(H,23,24)(H,25,26)/b5-3+,6-4+. The molecule has 0 saturated carbocycles. The Bertz CT molecular complexity index is 893.